The molecule has 1 aromatic rings. The van der Waals surface area contributed by atoms with Gasteiger partial charge in [0.05, 0.1) is 5.69 Å². The van der Waals surface area contributed by atoms with Gasteiger partial charge in [0, 0.05) is 17.0 Å². The van der Waals surface area contributed by atoms with Crippen molar-refractivity contribution in [3.8, 4) is 0 Å². The van der Waals surface area contributed by atoms with Crippen LogP contribution < -0.4 is 5.32 Å². The zero-order valence-corrected chi connectivity index (χ0v) is 13.7. The van der Waals surface area contributed by atoms with E-state index in [2.05, 4.69) is 50.1 Å². The molecule has 0 aliphatic heterocycles. The standard InChI is InChI=1S/C15H27N3S/c1-11-7-6-8-15(9-11,18(4)5)10-16-14-17-12(2)13(3)19-14/h11H,6-10H2,1-5H3,(H,16,17). The summed E-state index contributed by atoms with van der Waals surface area (Å²) in [6, 6.07) is 0. The summed E-state index contributed by atoms with van der Waals surface area (Å²) in [6.07, 6.45) is 5.30. The van der Waals surface area contributed by atoms with E-state index in [-0.39, 0.29) is 0 Å². The van der Waals surface area contributed by atoms with Crippen molar-refractivity contribution in [1.29, 1.82) is 0 Å². The quantitative estimate of drug-likeness (QED) is 0.912. The SMILES string of the molecule is Cc1nc(NCC2(N(C)C)CCCC(C)C2)sc1C. The van der Waals surface area contributed by atoms with Crippen LogP contribution in [0.1, 0.15) is 43.2 Å². The van der Waals surface area contributed by atoms with Gasteiger partial charge in [0.2, 0.25) is 0 Å². The predicted octanol–water partition coefficient (Wildman–Crippen LogP) is 3.68. The molecule has 0 amide bonds. The van der Waals surface area contributed by atoms with Gasteiger partial charge in [-0.3, -0.25) is 0 Å². The number of likely N-dealkylation sites (N-methyl/N-ethyl adjacent to an activating group) is 1. The van der Waals surface area contributed by atoms with Crippen LogP contribution in [0.5, 0.6) is 0 Å². The lowest BCUT2D eigenvalue weighted by atomic mass is 9.75. The highest BCUT2D eigenvalue weighted by atomic mass is 32.1. The highest BCUT2D eigenvalue weighted by Crippen LogP contribution is 2.36. The topological polar surface area (TPSA) is 28.2 Å². The van der Waals surface area contributed by atoms with Gasteiger partial charge in [-0.05, 0) is 46.7 Å². The van der Waals surface area contributed by atoms with Crippen molar-refractivity contribution in [2.24, 2.45) is 5.92 Å². The number of hydrogen-bond donors (Lipinski definition) is 1. The van der Waals surface area contributed by atoms with E-state index in [9.17, 15) is 0 Å². The molecule has 1 saturated carbocycles. The summed E-state index contributed by atoms with van der Waals surface area (Å²) in [4.78, 5) is 8.33. The Morgan fingerprint density at radius 1 is 1.42 bits per heavy atom. The lowest BCUT2D eigenvalue weighted by Crippen LogP contribution is -2.52. The summed E-state index contributed by atoms with van der Waals surface area (Å²) in [5.41, 5.74) is 1.45. The number of aromatic nitrogens is 1. The summed E-state index contributed by atoms with van der Waals surface area (Å²) in [6.45, 7) is 7.62. The van der Waals surface area contributed by atoms with Crippen LogP contribution in [0, 0.1) is 19.8 Å². The molecule has 0 saturated heterocycles. The number of aryl methyl sites for hydroxylation is 2. The van der Waals surface area contributed by atoms with Crippen LogP contribution in [-0.2, 0) is 0 Å². The first-order valence-electron chi connectivity index (χ1n) is 7.28. The summed E-state index contributed by atoms with van der Waals surface area (Å²) in [5, 5.41) is 4.66. The van der Waals surface area contributed by atoms with Crippen LogP contribution in [0.15, 0.2) is 0 Å². The number of hydrogen-bond acceptors (Lipinski definition) is 4. The summed E-state index contributed by atoms with van der Waals surface area (Å²) in [5.74, 6) is 0.831. The molecule has 0 aromatic carbocycles. The van der Waals surface area contributed by atoms with Gasteiger partial charge in [0.1, 0.15) is 0 Å². The fourth-order valence-corrected chi connectivity index (χ4v) is 3.96. The molecule has 108 valence electrons. The largest absolute Gasteiger partial charge is 0.360 e. The Kier molecular flexibility index (Phi) is 4.51. The van der Waals surface area contributed by atoms with Gasteiger partial charge in [-0.25, -0.2) is 4.98 Å². The highest BCUT2D eigenvalue weighted by molar-refractivity contribution is 7.15. The fraction of sp³-hybridized carbons (Fsp3) is 0.800. The summed E-state index contributed by atoms with van der Waals surface area (Å²) in [7, 11) is 4.44. The van der Waals surface area contributed by atoms with E-state index in [1.807, 2.05) is 0 Å². The van der Waals surface area contributed by atoms with Crippen LogP contribution >= 0.6 is 11.3 Å². The highest BCUT2D eigenvalue weighted by Gasteiger charge is 2.36. The van der Waals surface area contributed by atoms with E-state index in [1.54, 1.807) is 11.3 Å². The second-order valence-electron chi connectivity index (χ2n) is 6.33. The number of nitrogens with one attached hydrogen (secondary N) is 1. The molecule has 1 aliphatic carbocycles. The molecular weight excluding hydrogens is 254 g/mol. The van der Waals surface area contributed by atoms with Gasteiger partial charge in [-0.15, -0.1) is 11.3 Å². The Morgan fingerprint density at radius 3 is 2.68 bits per heavy atom. The van der Waals surface area contributed by atoms with Crippen LogP contribution in [0.2, 0.25) is 0 Å². The van der Waals surface area contributed by atoms with E-state index in [1.165, 1.54) is 30.6 Å². The molecule has 4 heteroatoms. The number of anilines is 1. The first kappa shape index (κ1) is 14.8. The Labute approximate surface area is 121 Å². The Hall–Kier alpha value is -0.610. The maximum Gasteiger partial charge on any atom is 0.183 e. The van der Waals surface area contributed by atoms with E-state index in [0.717, 1.165) is 23.3 Å². The van der Waals surface area contributed by atoms with Crippen molar-refractivity contribution >= 4 is 16.5 Å². The number of nitrogens with zero attached hydrogens (tertiary/aromatic N) is 2. The maximum absolute atomic E-state index is 4.59. The summed E-state index contributed by atoms with van der Waals surface area (Å²) >= 11 is 1.77. The molecule has 2 unspecified atom stereocenters. The number of thiazole rings is 1. The Bertz CT molecular complexity index is 408. The van der Waals surface area contributed by atoms with Gasteiger partial charge < -0.3 is 10.2 Å². The third kappa shape index (κ3) is 3.29. The lowest BCUT2D eigenvalue weighted by molar-refractivity contribution is 0.0882. The van der Waals surface area contributed by atoms with Crippen LogP contribution in [0.4, 0.5) is 5.13 Å². The molecule has 0 spiro atoms. The lowest BCUT2D eigenvalue weighted by Gasteiger charge is -2.45. The van der Waals surface area contributed by atoms with E-state index in [4.69, 9.17) is 0 Å². The molecule has 19 heavy (non-hydrogen) atoms. The van der Waals surface area contributed by atoms with E-state index >= 15 is 0 Å². The van der Waals surface area contributed by atoms with Crippen molar-refractivity contribution < 1.29 is 0 Å². The normalized spacial score (nSPS) is 27.8. The van der Waals surface area contributed by atoms with E-state index < -0.39 is 0 Å². The molecule has 0 bridgehead atoms. The first-order valence-corrected chi connectivity index (χ1v) is 8.10. The minimum atomic E-state index is 0.297. The maximum atomic E-state index is 4.59. The van der Waals surface area contributed by atoms with Crippen molar-refractivity contribution in [3.05, 3.63) is 10.6 Å². The molecule has 1 fully saturated rings. The van der Waals surface area contributed by atoms with Crippen LogP contribution in [-0.4, -0.2) is 36.1 Å². The van der Waals surface area contributed by atoms with Crippen molar-refractivity contribution in [2.45, 2.75) is 52.0 Å². The first-order chi connectivity index (χ1) is 8.93. The smallest absolute Gasteiger partial charge is 0.183 e. The monoisotopic (exact) mass is 281 g/mol. The third-order valence-electron chi connectivity index (χ3n) is 4.61. The van der Waals surface area contributed by atoms with Gasteiger partial charge >= 0.3 is 0 Å². The van der Waals surface area contributed by atoms with E-state index in [0.29, 0.717) is 5.54 Å². The molecule has 1 aromatic heterocycles. The van der Waals surface area contributed by atoms with Crippen molar-refractivity contribution in [2.75, 3.05) is 26.0 Å². The van der Waals surface area contributed by atoms with Crippen molar-refractivity contribution in [1.82, 2.24) is 9.88 Å². The Balaban J connectivity index is 2.05. The van der Waals surface area contributed by atoms with Gasteiger partial charge in [0.25, 0.3) is 0 Å². The molecule has 1 aliphatic rings. The molecule has 2 atom stereocenters. The van der Waals surface area contributed by atoms with Crippen LogP contribution in [0.3, 0.4) is 0 Å². The molecule has 1 N–H and O–H groups in total. The minimum Gasteiger partial charge on any atom is -0.360 e. The second kappa shape index (κ2) is 5.80. The second-order valence-corrected chi connectivity index (χ2v) is 7.54. The molecule has 2 rings (SSSR count). The van der Waals surface area contributed by atoms with Crippen molar-refractivity contribution in [3.63, 3.8) is 0 Å². The molecule has 0 radical (unpaired) electrons. The third-order valence-corrected chi connectivity index (χ3v) is 5.64. The summed E-state index contributed by atoms with van der Waals surface area (Å²) < 4.78 is 0. The molecule has 3 nitrogen and oxygen atoms in total. The molecular formula is C15H27N3S. The average Bonchev–Trinajstić information content (AvgIpc) is 2.66. The Morgan fingerprint density at radius 2 is 2.16 bits per heavy atom. The molecule has 1 heterocycles. The van der Waals surface area contributed by atoms with Crippen LogP contribution in [0.25, 0.3) is 0 Å². The fourth-order valence-electron chi connectivity index (χ4n) is 3.15. The number of rotatable bonds is 4. The average molecular weight is 281 g/mol. The zero-order valence-electron chi connectivity index (χ0n) is 12.9. The van der Waals surface area contributed by atoms with Gasteiger partial charge in [-0.2, -0.15) is 0 Å². The predicted molar refractivity (Wildman–Crippen MR) is 84.1 cm³/mol. The zero-order chi connectivity index (χ0) is 14.0. The minimum absolute atomic E-state index is 0.297. The van der Waals surface area contributed by atoms with Gasteiger partial charge in [0.15, 0.2) is 5.13 Å². The van der Waals surface area contributed by atoms with Gasteiger partial charge in [-0.1, -0.05) is 19.8 Å².